The Labute approximate surface area is 155 Å². The number of aryl methyl sites for hydroxylation is 2. The number of likely N-dealkylation sites (tertiary alicyclic amines) is 1. The van der Waals surface area contributed by atoms with E-state index < -0.39 is 5.97 Å². The molecule has 2 saturated heterocycles. The minimum absolute atomic E-state index is 0.00938. The molecule has 0 saturated carbocycles. The van der Waals surface area contributed by atoms with Gasteiger partial charge in [0, 0.05) is 38.4 Å². The van der Waals surface area contributed by atoms with Crippen LogP contribution in [0.1, 0.15) is 30.4 Å². The standard InChI is InChI=1S/C20H29N3O3/c1-15-6-7-17(16(2)13-15)21-9-11-22(12-10-21)18-5-3-4-8-23(20(18)26)14-19(24)25/h6-7,13,18H,3-5,8-12,14H2,1-2H3,(H,24,25). The van der Waals surface area contributed by atoms with E-state index in [2.05, 4.69) is 41.8 Å². The number of benzene rings is 1. The second kappa shape index (κ2) is 8.08. The second-order valence-electron chi connectivity index (χ2n) is 7.48. The SMILES string of the molecule is Cc1ccc(N2CCN(C3CCCCN(CC(=O)O)C3=O)CC2)c(C)c1. The Balaban J connectivity index is 1.64. The molecule has 6 heteroatoms. The van der Waals surface area contributed by atoms with Crippen LogP contribution in [0.3, 0.4) is 0 Å². The maximum Gasteiger partial charge on any atom is 0.323 e. The third-order valence-electron chi connectivity index (χ3n) is 5.53. The van der Waals surface area contributed by atoms with E-state index in [1.165, 1.54) is 21.7 Å². The Morgan fingerprint density at radius 2 is 1.85 bits per heavy atom. The van der Waals surface area contributed by atoms with Crippen molar-refractivity contribution in [3.05, 3.63) is 29.3 Å². The largest absolute Gasteiger partial charge is 0.480 e. The highest BCUT2D eigenvalue weighted by molar-refractivity contribution is 5.85. The normalized spacial score (nSPS) is 22.4. The number of carboxylic acids is 1. The zero-order valence-corrected chi connectivity index (χ0v) is 15.8. The van der Waals surface area contributed by atoms with Crippen LogP contribution >= 0.6 is 0 Å². The number of carbonyl (C=O) groups excluding carboxylic acids is 1. The molecule has 3 rings (SSSR count). The number of amides is 1. The van der Waals surface area contributed by atoms with Crippen LogP contribution in [0.4, 0.5) is 5.69 Å². The van der Waals surface area contributed by atoms with Gasteiger partial charge in [-0.25, -0.2) is 0 Å². The summed E-state index contributed by atoms with van der Waals surface area (Å²) in [5.41, 5.74) is 3.83. The molecule has 0 spiro atoms. The molecular weight excluding hydrogens is 330 g/mol. The molecule has 1 aromatic carbocycles. The number of piperazine rings is 1. The summed E-state index contributed by atoms with van der Waals surface area (Å²) in [5.74, 6) is -0.941. The Morgan fingerprint density at radius 1 is 1.12 bits per heavy atom. The molecule has 2 aliphatic heterocycles. The number of carbonyl (C=O) groups is 2. The number of aliphatic carboxylic acids is 1. The van der Waals surface area contributed by atoms with Gasteiger partial charge in [-0.2, -0.15) is 0 Å². The lowest BCUT2D eigenvalue weighted by molar-refractivity contribution is -0.146. The molecule has 1 N–H and O–H groups in total. The van der Waals surface area contributed by atoms with Gasteiger partial charge in [0.25, 0.3) is 0 Å². The van der Waals surface area contributed by atoms with Crippen molar-refractivity contribution >= 4 is 17.6 Å². The smallest absolute Gasteiger partial charge is 0.323 e. The first-order valence-corrected chi connectivity index (χ1v) is 9.52. The monoisotopic (exact) mass is 359 g/mol. The maximum atomic E-state index is 12.8. The van der Waals surface area contributed by atoms with Gasteiger partial charge in [0.1, 0.15) is 6.54 Å². The summed E-state index contributed by atoms with van der Waals surface area (Å²) in [5, 5.41) is 9.06. The number of rotatable bonds is 4. The third kappa shape index (κ3) is 4.18. The Morgan fingerprint density at radius 3 is 2.50 bits per heavy atom. The molecule has 0 aromatic heterocycles. The summed E-state index contributed by atoms with van der Waals surface area (Å²) in [7, 11) is 0. The van der Waals surface area contributed by atoms with Crippen LogP contribution in [0, 0.1) is 13.8 Å². The van der Waals surface area contributed by atoms with Crippen LogP contribution in [0.5, 0.6) is 0 Å². The molecule has 0 radical (unpaired) electrons. The highest BCUT2D eigenvalue weighted by Gasteiger charge is 2.34. The van der Waals surface area contributed by atoms with E-state index in [1.807, 2.05) is 0 Å². The first kappa shape index (κ1) is 18.7. The van der Waals surface area contributed by atoms with E-state index in [0.29, 0.717) is 6.54 Å². The molecule has 2 heterocycles. The van der Waals surface area contributed by atoms with Gasteiger partial charge in [0.05, 0.1) is 6.04 Å². The van der Waals surface area contributed by atoms with Gasteiger partial charge in [0.2, 0.25) is 5.91 Å². The molecular formula is C20H29N3O3. The Kier molecular flexibility index (Phi) is 5.81. The molecule has 0 aliphatic carbocycles. The van der Waals surface area contributed by atoms with Crippen LogP contribution < -0.4 is 4.90 Å². The van der Waals surface area contributed by atoms with Crippen molar-refractivity contribution in [1.29, 1.82) is 0 Å². The fraction of sp³-hybridized carbons (Fsp3) is 0.600. The molecule has 0 bridgehead atoms. The van der Waals surface area contributed by atoms with Gasteiger partial charge < -0.3 is 14.9 Å². The van der Waals surface area contributed by atoms with E-state index >= 15 is 0 Å². The van der Waals surface area contributed by atoms with Gasteiger partial charge in [-0.3, -0.25) is 14.5 Å². The van der Waals surface area contributed by atoms with Gasteiger partial charge in [0.15, 0.2) is 0 Å². The number of hydrogen-bond donors (Lipinski definition) is 1. The average Bonchev–Trinajstić information content (AvgIpc) is 2.77. The van der Waals surface area contributed by atoms with Gasteiger partial charge in [-0.05, 0) is 44.7 Å². The zero-order valence-electron chi connectivity index (χ0n) is 15.8. The molecule has 2 aliphatic rings. The molecule has 1 aromatic rings. The van der Waals surface area contributed by atoms with E-state index in [-0.39, 0.29) is 18.5 Å². The molecule has 26 heavy (non-hydrogen) atoms. The van der Waals surface area contributed by atoms with Crippen molar-refractivity contribution < 1.29 is 14.7 Å². The molecule has 1 amide bonds. The summed E-state index contributed by atoms with van der Waals surface area (Å²) >= 11 is 0. The molecule has 6 nitrogen and oxygen atoms in total. The van der Waals surface area contributed by atoms with Crippen LogP contribution in [-0.4, -0.2) is 72.1 Å². The van der Waals surface area contributed by atoms with Crippen molar-refractivity contribution in [2.45, 2.75) is 39.2 Å². The number of nitrogens with zero attached hydrogens (tertiary/aromatic N) is 3. The quantitative estimate of drug-likeness (QED) is 0.889. The van der Waals surface area contributed by atoms with Crippen molar-refractivity contribution in [1.82, 2.24) is 9.80 Å². The Bertz CT molecular complexity index is 668. The summed E-state index contributed by atoms with van der Waals surface area (Å²) in [4.78, 5) is 30.0. The van der Waals surface area contributed by atoms with Gasteiger partial charge >= 0.3 is 5.97 Å². The maximum absolute atomic E-state index is 12.8. The summed E-state index contributed by atoms with van der Waals surface area (Å²) in [6.45, 7) is 8.10. The molecule has 1 unspecified atom stereocenters. The molecule has 142 valence electrons. The van der Waals surface area contributed by atoms with Crippen LogP contribution in [0.2, 0.25) is 0 Å². The van der Waals surface area contributed by atoms with Gasteiger partial charge in [-0.1, -0.05) is 17.7 Å². The van der Waals surface area contributed by atoms with E-state index in [0.717, 1.165) is 45.4 Å². The predicted molar refractivity (Wildman–Crippen MR) is 102 cm³/mol. The van der Waals surface area contributed by atoms with E-state index in [1.54, 1.807) is 0 Å². The fourth-order valence-electron chi connectivity index (χ4n) is 4.18. The van der Waals surface area contributed by atoms with Crippen molar-refractivity contribution in [3.8, 4) is 0 Å². The van der Waals surface area contributed by atoms with Crippen LogP contribution in [0.25, 0.3) is 0 Å². The third-order valence-corrected chi connectivity index (χ3v) is 5.53. The second-order valence-corrected chi connectivity index (χ2v) is 7.48. The minimum Gasteiger partial charge on any atom is -0.480 e. The van der Waals surface area contributed by atoms with Gasteiger partial charge in [-0.15, -0.1) is 0 Å². The summed E-state index contributed by atoms with van der Waals surface area (Å²) < 4.78 is 0. The zero-order chi connectivity index (χ0) is 18.7. The summed E-state index contributed by atoms with van der Waals surface area (Å²) in [6, 6.07) is 6.37. The lowest BCUT2D eigenvalue weighted by atomic mass is 10.1. The number of hydrogen-bond acceptors (Lipinski definition) is 4. The lowest BCUT2D eigenvalue weighted by Gasteiger charge is -2.40. The highest BCUT2D eigenvalue weighted by Crippen LogP contribution is 2.24. The number of anilines is 1. The highest BCUT2D eigenvalue weighted by atomic mass is 16.4. The molecule has 2 fully saturated rings. The number of carboxylic acid groups (broad SMARTS) is 1. The molecule has 1 atom stereocenters. The lowest BCUT2D eigenvalue weighted by Crippen LogP contribution is -2.55. The van der Waals surface area contributed by atoms with E-state index in [9.17, 15) is 9.59 Å². The Hall–Kier alpha value is -2.08. The van der Waals surface area contributed by atoms with Crippen molar-refractivity contribution in [2.75, 3.05) is 44.2 Å². The van der Waals surface area contributed by atoms with Crippen LogP contribution in [-0.2, 0) is 9.59 Å². The predicted octanol–water partition coefficient (Wildman–Crippen LogP) is 1.89. The van der Waals surface area contributed by atoms with Crippen LogP contribution in [0.15, 0.2) is 18.2 Å². The summed E-state index contributed by atoms with van der Waals surface area (Å²) in [6.07, 6.45) is 2.69. The minimum atomic E-state index is -0.932. The van der Waals surface area contributed by atoms with E-state index in [4.69, 9.17) is 5.11 Å². The van der Waals surface area contributed by atoms with Crippen molar-refractivity contribution in [2.24, 2.45) is 0 Å². The fourth-order valence-corrected chi connectivity index (χ4v) is 4.18. The average molecular weight is 359 g/mol. The first-order chi connectivity index (χ1) is 12.5. The topological polar surface area (TPSA) is 64.1 Å². The van der Waals surface area contributed by atoms with Crippen molar-refractivity contribution in [3.63, 3.8) is 0 Å². The first-order valence-electron chi connectivity index (χ1n) is 9.52.